The first-order chi connectivity index (χ1) is 16.0. The van der Waals surface area contributed by atoms with Gasteiger partial charge in [-0.25, -0.2) is 8.42 Å². The van der Waals surface area contributed by atoms with E-state index in [1.807, 2.05) is 0 Å². The molecule has 0 bridgehead atoms. The van der Waals surface area contributed by atoms with Crippen LogP contribution in [-0.2, 0) is 26.2 Å². The Hall–Kier alpha value is -2.49. The van der Waals surface area contributed by atoms with Gasteiger partial charge in [0.15, 0.2) is 0 Å². The Morgan fingerprint density at radius 1 is 1.06 bits per heavy atom. The summed E-state index contributed by atoms with van der Waals surface area (Å²) in [4.78, 5) is 27.7. The van der Waals surface area contributed by atoms with Gasteiger partial charge in [-0.3, -0.25) is 13.9 Å². The third-order valence-electron chi connectivity index (χ3n) is 5.06. The molecule has 2 aromatic rings. The van der Waals surface area contributed by atoms with E-state index in [4.69, 9.17) is 27.9 Å². The highest BCUT2D eigenvalue weighted by atomic mass is 35.5. The standard InChI is InChI=1S/C23H29Cl2N3O5S/c1-5-21(23(30)26-6-2)27(14-16-7-9-20(33-3)10-8-16)22(29)15-28(34(4,31)32)19-12-17(24)11-18(25)13-19/h7-13,21H,5-6,14-15H2,1-4H3,(H,26,30). The topological polar surface area (TPSA) is 96.0 Å². The molecule has 2 rings (SSSR count). The van der Waals surface area contributed by atoms with Crippen LogP contribution in [0.15, 0.2) is 42.5 Å². The van der Waals surface area contributed by atoms with Crippen molar-refractivity contribution in [2.75, 3.05) is 30.8 Å². The van der Waals surface area contributed by atoms with Crippen molar-refractivity contribution in [3.63, 3.8) is 0 Å². The number of carbonyl (C=O) groups is 2. The zero-order valence-corrected chi connectivity index (χ0v) is 21.9. The van der Waals surface area contributed by atoms with Crippen molar-refractivity contribution >= 4 is 50.7 Å². The van der Waals surface area contributed by atoms with E-state index in [1.165, 1.54) is 23.1 Å². The van der Waals surface area contributed by atoms with Crippen molar-refractivity contribution in [2.24, 2.45) is 0 Å². The molecule has 0 aromatic heterocycles. The van der Waals surface area contributed by atoms with Crippen LogP contribution in [0.25, 0.3) is 0 Å². The lowest BCUT2D eigenvalue weighted by atomic mass is 10.1. The molecule has 0 spiro atoms. The Morgan fingerprint density at radius 2 is 1.65 bits per heavy atom. The molecule has 0 aliphatic heterocycles. The minimum absolute atomic E-state index is 0.104. The Bertz CT molecular complexity index is 1090. The summed E-state index contributed by atoms with van der Waals surface area (Å²) in [6.45, 7) is 3.55. The Kier molecular flexibility index (Phi) is 10.0. The SMILES string of the molecule is CCNC(=O)C(CC)N(Cc1ccc(OC)cc1)C(=O)CN(c1cc(Cl)cc(Cl)c1)S(C)(=O)=O. The number of amides is 2. The number of methoxy groups -OCH3 is 1. The summed E-state index contributed by atoms with van der Waals surface area (Å²) in [5.74, 6) is -0.211. The number of ether oxygens (including phenoxy) is 1. The van der Waals surface area contributed by atoms with Crippen molar-refractivity contribution in [3.8, 4) is 5.75 Å². The van der Waals surface area contributed by atoms with Gasteiger partial charge in [0.2, 0.25) is 21.8 Å². The first kappa shape index (κ1) is 27.8. The van der Waals surface area contributed by atoms with Gasteiger partial charge in [0, 0.05) is 23.1 Å². The van der Waals surface area contributed by atoms with Crippen molar-refractivity contribution in [1.82, 2.24) is 10.2 Å². The maximum atomic E-state index is 13.5. The van der Waals surface area contributed by atoms with Gasteiger partial charge in [0.25, 0.3) is 0 Å². The second-order valence-electron chi connectivity index (χ2n) is 7.59. The largest absolute Gasteiger partial charge is 0.497 e. The molecule has 186 valence electrons. The summed E-state index contributed by atoms with van der Waals surface area (Å²) in [6, 6.07) is 10.6. The number of halogens is 2. The van der Waals surface area contributed by atoms with Crippen molar-refractivity contribution in [3.05, 3.63) is 58.1 Å². The highest BCUT2D eigenvalue weighted by Crippen LogP contribution is 2.27. The molecule has 1 atom stereocenters. The monoisotopic (exact) mass is 529 g/mol. The number of nitrogens with zero attached hydrogens (tertiary/aromatic N) is 2. The molecular formula is C23H29Cl2N3O5S. The molecule has 0 heterocycles. The van der Waals surface area contributed by atoms with E-state index in [9.17, 15) is 18.0 Å². The second kappa shape index (κ2) is 12.3. The zero-order valence-electron chi connectivity index (χ0n) is 19.5. The highest BCUT2D eigenvalue weighted by molar-refractivity contribution is 7.92. The fourth-order valence-corrected chi connectivity index (χ4v) is 4.78. The van der Waals surface area contributed by atoms with E-state index in [1.54, 1.807) is 45.2 Å². The number of hydrogen-bond acceptors (Lipinski definition) is 5. The van der Waals surface area contributed by atoms with Crippen LogP contribution in [-0.4, -0.2) is 57.6 Å². The molecule has 1 unspecified atom stereocenters. The van der Waals surface area contributed by atoms with Gasteiger partial charge in [0.05, 0.1) is 19.1 Å². The second-order valence-corrected chi connectivity index (χ2v) is 10.4. The molecule has 1 N–H and O–H groups in total. The van der Waals surface area contributed by atoms with Crippen LogP contribution in [0.4, 0.5) is 5.69 Å². The molecule has 0 fully saturated rings. The lowest BCUT2D eigenvalue weighted by Gasteiger charge is -2.32. The van der Waals surface area contributed by atoms with Crippen LogP contribution in [0.3, 0.4) is 0 Å². The van der Waals surface area contributed by atoms with E-state index in [0.29, 0.717) is 18.7 Å². The minimum Gasteiger partial charge on any atom is -0.497 e. The summed E-state index contributed by atoms with van der Waals surface area (Å²) >= 11 is 12.1. The number of benzene rings is 2. The summed E-state index contributed by atoms with van der Waals surface area (Å²) in [7, 11) is -2.32. The maximum absolute atomic E-state index is 13.5. The van der Waals surface area contributed by atoms with Crippen LogP contribution >= 0.6 is 23.2 Å². The number of sulfonamides is 1. The molecule has 0 aliphatic rings. The van der Waals surface area contributed by atoms with Crippen molar-refractivity contribution < 1.29 is 22.7 Å². The van der Waals surface area contributed by atoms with E-state index >= 15 is 0 Å². The molecule has 0 aliphatic carbocycles. The Morgan fingerprint density at radius 3 is 2.12 bits per heavy atom. The summed E-state index contributed by atoms with van der Waals surface area (Å²) in [6.07, 6.45) is 1.33. The third-order valence-corrected chi connectivity index (χ3v) is 6.64. The van der Waals surface area contributed by atoms with Crippen LogP contribution in [0.2, 0.25) is 10.0 Å². The van der Waals surface area contributed by atoms with E-state index in [0.717, 1.165) is 16.1 Å². The van der Waals surface area contributed by atoms with Gasteiger partial charge in [0.1, 0.15) is 18.3 Å². The molecular weight excluding hydrogens is 501 g/mol. The minimum atomic E-state index is -3.87. The predicted molar refractivity (Wildman–Crippen MR) is 135 cm³/mol. The molecule has 0 saturated heterocycles. The number of nitrogens with one attached hydrogen (secondary N) is 1. The van der Waals surface area contributed by atoms with Gasteiger partial charge in [-0.2, -0.15) is 0 Å². The Balaban J connectivity index is 2.45. The number of rotatable bonds is 11. The van der Waals surface area contributed by atoms with Gasteiger partial charge < -0.3 is 15.0 Å². The molecule has 34 heavy (non-hydrogen) atoms. The predicted octanol–water partition coefficient (Wildman–Crippen LogP) is 3.71. The van der Waals surface area contributed by atoms with Crippen LogP contribution in [0, 0.1) is 0 Å². The smallest absolute Gasteiger partial charge is 0.244 e. The van der Waals surface area contributed by atoms with Gasteiger partial charge >= 0.3 is 0 Å². The average molecular weight is 530 g/mol. The van der Waals surface area contributed by atoms with Gasteiger partial charge in [-0.1, -0.05) is 42.3 Å². The first-order valence-electron chi connectivity index (χ1n) is 10.6. The molecule has 11 heteroatoms. The fraction of sp³-hybridized carbons (Fsp3) is 0.391. The normalized spacial score (nSPS) is 12.1. The van der Waals surface area contributed by atoms with Crippen LogP contribution in [0.5, 0.6) is 5.75 Å². The van der Waals surface area contributed by atoms with Gasteiger partial charge in [-0.05, 0) is 49.2 Å². The zero-order chi connectivity index (χ0) is 25.5. The summed E-state index contributed by atoms with van der Waals surface area (Å²) in [5, 5.41) is 3.20. The highest BCUT2D eigenvalue weighted by Gasteiger charge is 2.31. The molecule has 8 nitrogen and oxygen atoms in total. The van der Waals surface area contributed by atoms with E-state index in [2.05, 4.69) is 5.32 Å². The lowest BCUT2D eigenvalue weighted by Crippen LogP contribution is -2.52. The lowest BCUT2D eigenvalue weighted by molar-refractivity contribution is -0.140. The number of carbonyl (C=O) groups excluding carboxylic acids is 2. The van der Waals surface area contributed by atoms with Crippen LogP contribution in [0.1, 0.15) is 25.8 Å². The average Bonchev–Trinajstić information content (AvgIpc) is 2.76. The number of hydrogen-bond donors (Lipinski definition) is 1. The van der Waals surface area contributed by atoms with Crippen molar-refractivity contribution in [1.29, 1.82) is 0 Å². The van der Waals surface area contributed by atoms with Crippen molar-refractivity contribution in [2.45, 2.75) is 32.9 Å². The Labute approximate surface area is 210 Å². The number of likely N-dealkylation sites (N-methyl/N-ethyl adjacent to an activating group) is 1. The maximum Gasteiger partial charge on any atom is 0.244 e. The van der Waals surface area contributed by atoms with Gasteiger partial charge in [-0.15, -0.1) is 0 Å². The summed E-state index contributed by atoms with van der Waals surface area (Å²) < 4.78 is 31.3. The summed E-state index contributed by atoms with van der Waals surface area (Å²) in [5.41, 5.74) is 0.914. The molecule has 0 radical (unpaired) electrons. The number of anilines is 1. The molecule has 2 amide bonds. The quantitative estimate of drug-likeness (QED) is 0.478. The molecule has 0 saturated carbocycles. The third kappa shape index (κ3) is 7.51. The van der Waals surface area contributed by atoms with Crippen LogP contribution < -0.4 is 14.4 Å². The van der Waals surface area contributed by atoms with E-state index in [-0.39, 0.29) is 28.2 Å². The molecule has 2 aromatic carbocycles. The van der Waals surface area contributed by atoms with E-state index < -0.39 is 28.5 Å². The first-order valence-corrected chi connectivity index (χ1v) is 13.2. The fourth-order valence-electron chi connectivity index (χ4n) is 3.44.